The first-order valence-electron chi connectivity index (χ1n) is 4.75. The number of Topliss-reactive ketones (excluding diaryl/α,β-unsaturated/α-hetero) is 1. The maximum atomic E-state index is 11.8. The summed E-state index contributed by atoms with van der Waals surface area (Å²) >= 11 is 1.56. The SMILES string of the molecule is CCc1c(N)sc2c1C(=O)CN(C)C2. The van der Waals surface area contributed by atoms with Gasteiger partial charge in [-0.25, -0.2) is 0 Å². The summed E-state index contributed by atoms with van der Waals surface area (Å²) in [4.78, 5) is 15.0. The Morgan fingerprint density at radius 2 is 2.21 bits per heavy atom. The molecule has 1 aliphatic rings. The number of nitrogens with two attached hydrogens (primary N) is 1. The summed E-state index contributed by atoms with van der Waals surface area (Å²) in [5, 5.41) is 0.821. The first kappa shape index (κ1) is 9.68. The molecule has 1 aromatic heterocycles. The number of thiophene rings is 1. The fraction of sp³-hybridized carbons (Fsp3) is 0.500. The van der Waals surface area contributed by atoms with E-state index < -0.39 is 0 Å². The number of hydrogen-bond donors (Lipinski definition) is 1. The molecule has 0 atom stereocenters. The van der Waals surface area contributed by atoms with Gasteiger partial charge in [0, 0.05) is 17.0 Å². The third-order valence-electron chi connectivity index (χ3n) is 2.57. The van der Waals surface area contributed by atoms with E-state index in [9.17, 15) is 4.79 Å². The highest BCUT2D eigenvalue weighted by molar-refractivity contribution is 7.16. The molecule has 0 amide bonds. The van der Waals surface area contributed by atoms with E-state index in [1.807, 2.05) is 18.9 Å². The van der Waals surface area contributed by atoms with Crippen molar-refractivity contribution in [3.8, 4) is 0 Å². The Bertz CT molecular complexity index is 384. The minimum Gasteiger partial charge on any atom is -0.390 e. The lowest BCUT2D eigenvalue weighted by molar-refractivity contribution is 0.0924. The second-order valence-electron chi connectivity index (χ2n) is 3.69. The van der Waals surface area contributed by atoms with E-state index in [1.54, 1.807) is 11.3 Å². The second-order valence-corrected chi connectivity index (χ2v) is 4.83. The summed E-state index contributed by atoms with van der Waals surface area (Å²) in [6, 6.07) is 0. The van der Waals surface area contributed by atoms with Crippen LogP contribution in [0.2, 0.25) is 0 Å². The number of nitrogen functional groups attached to an aromatic ring is 1. The Kier molecular flexibility index (Phi) is 2.33. The van der Waals surface area contributed by atoms with Crippen LogP contribution in [-0.4, -0.2) is 24.3 Å². The van der Waals surface area contributed by atoms with Gasteiger partial charge in [0.1, 0.15) is 0 Å². The van der Waals surface area contributed by atoms with Crippen molar-refractivity contribution in [2.45, 2.75) is 19.9 Å². The summed E-state index contributed by atoms with van der Waals surface area (Å²) < 4.78 is 0. The average Bonchev–Trinajstić information content (AvgIpc) is 2.40. The lowest BCUT2D eigenvalue weighted by Crippen LogP contribution is -2.31. The van der Waals surface area contributed by atoms with Crippen LogP contribution < -0.4 is 5.73 Å². The standard InChI is InChI=1S/C10H14N2OS/c1-3-6-9-7(13)4-12(2)5-8(9)14-10(6)11/h3-5,11H2,1-2H3. The number of fused-ring (bicyclic) bond motifs is 1. The topological polar surface area (TPSA) is 46.3 Å². The van der Waals surface area contributed by atoms with Crippen molar-refractivity contribution in [1.29, 1.82) is 0 Å². The van der Waals surface area contributed by atoms with Gasteiger partial charge in [-0.1, -0.05) is 6.92 Å². The molecular weight excluding hydrogens is 196 g/mol. The molecule has 2 heterocycles. The highest BCUT2D eigenvalue weighted by Gasteiger charge is 2.26. The molecule has 2 rings (SSSR count). The van der Waals surface area contributed by atoms with E-state index in [0.29, 0.717) is 6.54 Å². The van der Waals surface area contributed by atoms with Crippen LogP contribution in [-0.2, 0) is 13.0 Å². The molecule has 0 saturated heterocycles. The maximum absolute atomic E-state index is 11.8. The van der Waals surface area contributed by atoms with Crippen molar-refractivity contribution in [3.05, 3.63) is 16.0 Å². The molecule has 0 unspecified atom stereocenters. The lowest BCUT2D eigenvalue weighted by atomic mass is 10.0. The van der Waals surface area contributed by atoms with E-state index in [0.717, 1.165) is 34.0 Å². The van der Waals surface area contributed by atoms with Gasteiger partial charge < -0.3 is 5.73 Å². The van der Waals surface area contributed by atoms with E-state index >= 15 is 0 Å². The van der Waals surface area contributed by atoms with Gasteiger partial charge in [-0.05, 0) is 19.0 Å². The normalized spacial score (nSPS) is 17.1. The van der Waals surface area contributed by atoms with Gasteiger partial charge in [0.25, 0.3) is 0 Å². The number of carbonyl (C=O) groups is 1. The molecule has 76 valence electrons. The third kappa shape index (κ3) is 1.35. The van der Waals surface area contributed by atoms with Gasteiger partial charge in [-0.3, -0.25) is 9.69 Å². The molecule has 0 aromatic carbocycles. The molecule has 1 aromatic rings. The summed E-state index contributed by atoms with van der Waals surface area (Å²) in [6.45, 7) is 3.43. The van der Waals surface area contributed by atoms with Crippen LogP contribution >= 0.6 is 11.3 Å². The predicted molar refractivity (Wildman–Crippen MR) is 58.8 cm³/mol. The Morgan fingerprint density at radius 1 is 1.50 bits per heavy atom. The molecule has 3 nitrogen and oxygen atoms in total. The number of ketones is 1. The molecule has 0 radical (unpaired) electrons. The minimum atomic E-state index is 0.221. The van der Waals surface area contributed by atoms with Gasteiger partial charge in [-0.15, -0.1) is 11.3 Å². The van der Waals surface area contributed by atoms with Crippen LogP contribution in [0.3, 0.4) is 0 Å². The van der Waals surface area contributed by atoms with E-state index in [1.165, 1.54) is 0 Å². The van der Waals surface area contributed by atoms with Crippen LogP contribution in [0.4, 0.5) is 5.00 Å². The summed E-state index contributed by atoms with van der Waals surface area (Å²) in [5.74, 6) is 0.221. The Labute approximate surface area is 87.5 Å². The molecular formula is C10H14N2OS. The first-order chi connectivity index (χ1) is 6.63. The average molecular weight is 210 g/mol. The number of anilines is 1. The van der Waals surface area contributed by atoms with Gasteiger partial charge >= 0.3 is 0 Å². The number of hydrogen-bond acceptors (Lipinski definition) is 4. The lowest BCUT2D eigenvalue weighted by Gasteiger charge is -2.21. The quantitative estimate of drug-likeness (QED) is 0.764. The Hall–Kier alpha value is -0.870. The Morgan fingerprint density at radius 3 is 2.86 bits per heavy atom. The second kappa shape index (κ2) is 3.37. The highest BCUT2D eigenvalue weighted by atomic mass is 32.1. The molecule has 1 aliphatic heterocycles. The maximum Gasteiger partial charge on any atom is 0.178 e. The smallest absolute Gasteiger partial charge is 0.178 e. The summed E-state index contributed by atoms with van der Waals surface area (Å²) in [7, 11) is 1.96. The van der Waals surface area contributed by atoms with E-state index in [4.69, 9.17) is 5.73 Å². The van der Waals surface area contributed by atoms with E-state index in [-0.39, 0.29) is 5.78 Å². The van der Waals surface area contributed by atoms with Crippen LogP contribution in [0.5, 0.6) is 0 Å². The molecule has 0 saturated carbocycles. The van der Waals surface area contributed by atoms with Crippen LogP contribution in [0.25, 0.3) is 0 Å². The molecule has 4 heteroatoms. The molecule has 0 bridgehead atoms. The van der Waals surface area contributed by atoms with Crippen molar-refractivity contribution in [3.63, 3.8) is 0 Å². The van der Waals surface area contributed by atoms with Crippen LogP contribution in [0.1, 0.15) is 27.7 Å². The fourth-order valence-electron chi connectivity index (χ4n) is 1.95. The van der Waals surface area contributed by atoms with Gasteiger partial charge in [-0.2, -0.15) is 0 Å². The monoisotopic (exact) mass is 210 g/mol. The predicted octanol–water partition coefficient (Wildman–Crippen LogP) is 1.52. The zero-order chi connectivity index (χ0) is 10.3. The van der Waals surface area contributed by atoms with Crippen molar-refractivity contribution >= 4 is 22.1 Å². The third-order valence-corrected chi connectivity index (χ3v) is 3.62. The number of likely N-dealkylation sites (N-methyl/N-ethyl adjacent to an activating group) is 1. The molecule has 0 aliphatic carbocycles. The largest absolute Gasteiger partial charge is 0.390 e. The van der Waals surface area contributed by atoms with Gasteiger partial charge in [0.05, 0.1) is 11.5 Å². The Balaban J connectivity index is 2.54. The van der Waals surface area contributed by atoms with Crippen LogP contribution in [0, 0.1) is 0 Å². The van der Waals surface area contributed by atoms with Crippen LogP contribution in [0.15, 0.2) is 0 Å². The summed E-state index contributed by atoms with van der Waals surface area (Å²) in [6.07, 6.45) is 0.854. The highest BCUT2D eigenvalue weighted by Crippen LogP contribution is 2.34. The van der Waals surface area contributed by atoms with Gasteiger partial charge in [0.2, 0.25) is 0 Å². The molecule has 14 heavy (non-hydrogen) atoms. The van der Waals surface area contributed by atoms with Crippen molar-refractivity contribution in [2.75, 3.05) is 19.3 Å². The fourth-order valence-corrected chi connectivity index (χ4v) is 3.21. The summed E-state index contributed by atoms with van der Waals surface area (Å²) in [5.41, 5.74) is 7.86. The molecule has 2 N–H and O–H groups in total. The van der Waals surface area contributed by atoms with Crippen molar-refractivity contribution in [2.24, 2.45) is 0 Å². The number of nitrogens with zero attached hydrogens (tertiary/aromatic N) is 1. The van der Waals surface area contributed by atoms with Gasteiger partial charge in [0.15, 0.2) is 5.78 Å². The number of rotatable bonds is 1. The molecule has 0 spiro atoms. The van der Waals surface area contributed by atoms with Crippen molar-refractivity contribution in [1.82, 2.24) is 4.90 Å². The zero-order valence-corrected chi connectivity index (χ0v) is 9.28. The zero-order valence-electron chi connectivity index (χ0n) is 8.46. The molecule has 0 fully saturated rings. The number of carbonyl (C=O) groups excluding carboxylic acids is 1. The van der Waals surface area contributed by atoms with E-state index in [2.05, 4.69) is 0 Å². The minimum absolute atomic E-state index is 0.221. The first-order valence-corrected chi connectivity index (χ1v) is 5.56. The van der Waals surface area contributed by atoms with Crippen molar-refractivity contribution < 1.29 is 4.79 Å².